The number of alkyl halides is 2. The number of aromatic nitrogens is 4. The van der Waals surface area contributed by atoms with Crippen LogP contribution in [0.2, 0.25) is 0 Å². The van der Waals surface area contributed by atoms with E-state index in [9.17, 15) is 13.6 Å². The molecule has 0 fully saturated rings. The number of benzene rings is 1. The summed E-state index contributed by atoms with van der Waals surface area (Å²) in [6.45, 7) is -1.65. The van der Waals surface area contributed by atoms with E-state index in [0.29, 0.717) is 24.0 Å². The van der Waals surface area contributed by atoms with Crippen molar-refractivity contribution in [3.05, 3.63) is 42.1 Å². The number of pyridine rings is 1. The number of anilines is 1. The Morgan fingerprint density at radius 1 is 1.20 bits per heavy atom. The first kappa shape index (κ1) is 20.0. The standard InChI is InChI=1S/C20H22F2N6O2/c21-19(22)30-15-8-7-14(13-5-4-10-23-18(13)15)25-20(29)24-11-9-17-27-26-16-6-2-1-3-12-28(16)17/h4-5,7-8,10,19H,1-3,6,9,11-12H2,(H2,24,25,29). The first-order valence-electron chi connectivity index (χ1n) is 9.90. The Hall–Kier alpha value is -3.30. The lowest BCUT2D eigenvalue weighted by molar-refractivity contribution is -0.0489. The van der Waals surface area contributed by atoms with Crippen molar-refractivity contribution in [2.75, 3.05) is 11.9 Å². The topological polar surface area (TPSA) is 94.0 Å². The minimum Gasteiger partial charge on any atom is -0.432 e. The summed E-state index contributed by atoms with van der Waals surface area (Å²) in [5.74, 6) is 1.84. The van der Waals surface area contributed by atoms with E-state index in [1.807, 2.05) is 0 Å². The Kier molecular flexibility index (Phi) is 6.01. The van der Waals surface area contributed by atoms with Crippen LogP contribution in [0.3, 0.4) is 0 Å². The maximum Gasteiger partial charge on any atom is 0.387 e. The van der Waals surface area contributed by atoms with Crippen molar-refractivity contribution in [2.24, 2.45) is 0 Å². The zero-order valence-electron chi connectivity index (χ0n) is 16.3. The molecule has 0 aliphatic carbocycles. The highest BCUT2D eigenvalue weighted by molar-refractivity contribution is 6.02. The molecule has 158 valence electrons. The number of fused-ring (bicyclic) bond motifs is 2. The predicted molar refractivity (Wildman–Crippen MR) is 107 cm³/mol. The Bertz CT molecular complexity index is 1040. The number of rotatable bonds is 6. The lowest BCUT2D eigenvalue weighted by Gasteiger charge is -2.13. The molecule has 0 atom stereocenters. The van der Waals surface area contributed by atoms with Crippen LogP contribution in [0, 0.1) is 0 Å². The van der Waals surface area contributed by atoms with Crippen LogP contribution in [-0.4, -0.2) is 38.9 Å². The highest BCUT2D eigenvalue weighted by Gasteiger charge is 2.16. The van der Waals surface area contributed by atoms with Crippen molar-refractivity contribution in [3.8, 4) is 5.75 Å². The maximum absolute atomic E-state index is 12.6. The van der Waals surface area contributed by atoms with Crippen LogP contribution >= 0.6 is 0 Å². The van der Waals surface area contributed by atoms with Gasteiger partial charge in [0.05, 0.1) is 5.69 Å². The number of aryl methyl sites for hydroxylation is 1. The van der Waals surface area contributed by atoms with Gasteiger partial charge in [0.1, 0.15) is 17.2 Å². The SMILES string of the molecule is O=C(NCCc1nnc2n1CCCCC2)Nc1ccc(OC(F)F)c2ncccc12. The van der Waals surface area contributed by atoms with E-state index in [1.165, 1.54) is 24.8 Å². The number of hydrogen-bond donors (Lipinski definition) is 2. The van der Waals surface area contributed by atoms with Crippen LogP contribution in [-0.2, 0) is 19.4 Å². The molecule has 1 aliphatic rings. The van der Waals surface area contributed by atoms with Gasteiger partial charge in [0, 0.05) is 37.5 Å². The molecule has 3 heterocycles. The monoisotopic (exact) mass is 416 g/mol. The predicted octanol–water partition coefficient (Wildman–Crippen LogP) is 3.52. The van der Waals surface area contributed by atoms with Gasteiger partial charge in [-0.1, -0.05) is 6.42 Å². The largest absolute Gasteiger partial charge is 0.432 e. The average Bonchev–Trinajstić information content (AvgIpc) is 2.95. The van der Waals surface area contributed by atoms with Crippen molar-refractivity contribution < 1.29 is 18.3 Å². The van der Waals surface area contributed by atoms with Crippen LogP contribution in [0.15, 0.2) is 30.5 Å². The second-order valence-corrected chi connectivity index (χ2v) is 7.01. The van der Waals surface area contributed by atoms with Gasteiger partial charge >= 0.3 is 12.6 Å². The molecular weight excluding hydrogens is 394 g/mol. The number of carbonyl (C=O) groups excluding carboxylic acids is 1. The van der Waals surface area contributed by atoms with Crippen molar-refractivity contribution in [2.45, 2.75) is 45.3 Å². The molecule has 0 unspecified atom stereocenters. The fraction of sp³-hybridized carbons (Fsp3) is 0.400. The van der Waals surface area contributed by atoms with Gasteiger partial charge < -0.3 is 19.9 Å². The fourth-order valence-corrected chi connectivity index (χ4v) is 3.63. The minimum atomic E-state index is -2.95. The molecule has 1 aliphatic heterocycles. The van der Waals surface area contributed by atoms with Gasteiger partial charge in [-0.2, -0.15) is 8.78 Å². The molecule has 2 amide bonds. The average molecular weight is 416 g/mol. The highest BCUT2D eigenvalue weighted by Crippen LogP contribution is 2.30. The van der Waals surface area contributed by atoms with Crippen molar-refractivity contribution in [1.29, 1.82) is 0 Å². The summed E-state index contributed by atoms with van der Waals surface area (Å²) in [4.78, 5) is 16.5. The normalized spacial score (nSPS) is 13.7. The third-order valence-corrected chi connectivity index (χ3v) is 5.02. The molecule has 0 bridgehead atoms. The van der Waals surface area contributed by atoms with Crippen molar-refractivity contribution >= 4 is 22.6 Å². The Morgan fingerprint density at radius 2 is 2.10 bits per heavy atom. The zero-order valence-corrected chi connectivity index (χ0v) is 16.3. The number of carbonyl (C=O) groups is 1. The number of nitrogens with zero attached hydrogens (tertiary/aromatic N) is 4. The lowest BCUT2D eigenvalue weighted by atomic mass is 10.1. The van der Waals surface area contributed by atoms with E-state index in [0.717, 1.165) is 37.5 Å². The molecule has 0 spiro atoms. The third kappa shape index (κ3) is 4.47. The number of ether oxygens (including phenoxy) is 1. The maximum atomic E-state index is 12.6. The van der Waals surface area contributed by atoms with Gasteiger partial charge in [0.15, 0.2) is 5.75 Å². The van der Waals surface area contributed by atoms with E-state index >= 15 is 0 Å². The van der Waals surface area contributed by atoms with Crippen LogP contribution in [0.4, 0.5) is 19.3 Å². The summed E-state index contributed by atoms with van der Waals surface area (Å²) in [5.41, 5.74) is 0.704. The van der Waals surface area contributed by atoms with Crippen LogP contribution in [0.5, 0.6) is 5.75 Å². The van der Waals surface area contributed by atoms with Gasteiger partial charge in [-0.15, -0.1) is 10.2 Å². The summed E-state index contributed by atoms with van der Waals surface area (Å²) < 4.78 is 31.9. The molecule has 2 aromatic heterocycles. The lowest BCUT2D eigenvalue weighted by Crippen LogP contribution is -2.31. The molecule has 3 aromatic rings. The first-order valence-corrected chi connectivity index (χ1v) is 9.90. The molecule has 8 nitrogen and oxygen atoms in total. The second kappa shape index (κ2) is 9.02. The molecule has 0 radical (unpaired) electrons. The number of urea groups is 1. The smallest absolute Gasteiger partial charge is 0.387 e. The van der Waals surface area contributed by atoms with E-state index < -0.39 is 12.6 Å². The number of hydrogen-bond acceptors (Lipinski definition) is 5. The summed E-state index contributed by atoms with van der Waals surface area (Å²) >= 11 is 0. The highest BCUT2D eigenvalue weighted by atomic mass is 19.3. The molecule has 4 rings (SSSR count). The summed E-state index contributed by atoms with van der Waals surface area (Å²) in [6.07, 6.45) is 6.41. The van der Waals surface area contributed by atoms with E-state index in [4.69, 9.17) is 0 Å². The number of amides is 2. The molecular formula is C20H22F2N6O2. The quantitative estimate of drug-likeness (QED) is 0.641. The second-order valence-electron chi connectivity index (χ2n) is 7.01. The van der Waals surface area contributed by atoms with Gasteiger partial charge in [0.25, 0.3) is 0 Å². The molecule has 1 aromatic carbocycles. The first-order chi connectivity index (χ1) is 14.6. The number of nitrogens with one attached hydrogen (secondary N) is 2. The van der Waals surface area contributed by atoms with Crippen LogP contribution in [0.1, 0.15) is 30.9 Å². The Labute approximate surface area is 171 Å². The zero-order chi connectivity index (χ0) is 20.9. The van der Waals surface area contributed by atoms with E-state index in [-0.39, 0.29) is 11.3 Å². The molecule has 10 heteroatoms. The third-order valence-electron chi connectivity index (χ3n) is 5.02. The Morgan fingerprint density at radius 3 is 2.97 bits per heavy atom. The van der Waals surface area contributed by atoms with Crippen LogP contribution < -0.4 is 15.4 Å². The summed E-state index contributed by atoms with van der Waals surface area (Å²) in [5, 5.41) is 14.6. The fourth-order valence-electron chi connectivity index (χ4n) is 3.63. The van der Waals surface area contributed by atoms with E-state index in [1.54, 1.807) is 12.1 Å². The van der Waals surface area contributed by atoms with Gasteiger partial charge in [-0.25, -0.2) is 4.79 Å². The van der Waals surface area contributed by atoms with Crippen molar-refractivity contribution in [1.82, 2.24) is 25.1 Å². The van der Waals surface area contributed by atoms with Crippen molar-refractivity contribution in [3.63, 3.8) is 0 Å². The molecule has 0 saturated carbocycles. The minimum absolute atomic E-state index is 0.0425. The van der Waals surface area contributed by atoms with Gasteiger partial charge in [-0.3, -0.25) is 4.98 Å². The summed E-state index contributed by atoms with van der Waals surface area (Å²) in [7, 11) is 0. The molecule has 30 heavy (non-hydrogen) atoms. The van der Waals surface area contributed by atoms with Crippen LogP contribution in [0.25, 0.3) is 10.9 Å². The van der Waals surface area contributed by atoms with Gasteiger partial charge in [-0.05, 0) is 37.1 Å². The van der Waals surface area contributed by atoms with Gasteiger partial charge in [0.2, 0.25) is 0 Å². The number of halogens is 2. The van der Waals surface area contributed by atoms with E-state index in [2.05, 4.69) is 35.1 Å². The molecule has 2 N–H and O–H groups in total. The molecule has 0 saturated heterocycles. The Balaban J connectivity index is 1.39. The summed E-state index contributed by atoms with van der Waals surface area (Å²) in [6, 6.07) is 5.82.